The number of thioether (sulfide) groups is 1. The molecule has 0 bridgehead atoms. The van der Waals surface area contributed by atoms with Gasteiger partial charge in [-0.25, -0.2) is 4.99 Å². The van der Waals surface area contributed by atoms with E-state index in [-0.39, 0.29) is 11.7 Å². The predicted molar refractivity (Wildman–Crippen MR) is 106 cm³/mol. The number of rotatable bonds is 5. The number of nitrogens with zero attached hydrogens (tertiary/aromatic N) is 2. The first-order valence-electron chi connectivity index (χ1n) is 8.43. The molecule has 0 atom stereocenters. The van der Waals surface area contributed by atoms with Gasteiger partial charge in [0, 0.05) is 6.54 Å². The van der Waals surface area contributed by atoms with Gasteiger partial charge < -0.3 is 9.84 Å². The highest BCUT2D eigenvalue weighted by molar-refractivity contribution is 8.18. The number of amides is 1. The second-order valence-electron chi connectivity index (χ2n) is 5.55. The summed E-state index contributed by atoms with van der Waals surface area (Å²) in [5.41, 5.74) is 1.60. The lowest BCUT2D eigenvalue weighted by molar-refractivity contribution is -0.122. The molecule has 0 unspecified atom stereocenters. The number of hydrogen-bond acceptors (Lipinski definition) is 5. The fourth-order valence-corrected chi connectivity index (χ4v) is 3.59. The van der Waals surface area contributed by atoms with Gasteiger partial charge in [0.15, 0.2) is 16.7 Å². The fraction of sp³-hybridized carbons (Fsp3) is 0.200. The summed E-state index contributed by atoms with van der Waals surface area (Å²) in [6, 6.07) is 14.6. The highest BCUT2D eigenvalue weighted by Gasteiger charge is 2.32. The minimum Gasteiger partial charge on any atom is -0.504 e. The Morgan fingerprint density at radius 1 is 1.19 bits per heavy atom. The van der Waals surface area contributed by atoms with Crippen molar-refractivity contribution in [2.24, 2.45) is 4.99 Å². The summed E-state index contributed by atoms with van der Waals surface area (Å²) >= 11 is 1.35. The van der Waals surface area contributed by atoms with E-state index in [2.05, 4.69) is 4.99 Å². The number of amidine groups is 1. The lowest BCUT2D eigenvalue weighted by Crippen LogP contribution is -2.28. The summed E-state index contributed by atoms with van der Waals surface area (Å²) < 4.78 is 5.41. The third-order valence-corrected chi connectivity index (χ3v) is 4.77. The lowest BCUT2D eigenvalue weighted by atomic mass is 10.2. The molecule has 3 rings (SSSR count). The average molecular weight is 368 g/mol. The topological polar surface area (TPSA) is 62.1 Å². The number of carbonyl (C=O) groups is 1. The molecule has 5 nitrogen and oxygen atoms in total. The van der Waals surface area contributed by atoms with Gasteiger partial charge in [-0.2, -0.15) is 0 Å². The zero-order chi connectivity index (χ0) is 18.5. The number of aliphatic imine (C=N–C) groups is 1. The van der Waals surface area contributed by atoms with Crippen molar-refractivity contribution in [3.8, 4) is 11.5 Å². The van der Waals surface area contributed by atoms with Crippen LogP contribution >= 0.6 is 11.8 Å². The number of phenolic OH excluding ortho intramolecular Hbond substituents is 1. The van der Waals surface area contributed by atoms with E-state index in [1.807, 2.05) is 44.2 Å². The van der Waals surface area contributed by atoms with Crippen LogP contribution in [0.2, 0.25) is 0 Å². The third-order valence-electron chi connectivity index (χ3n) is 3.77. The number of benzene rings is 2. The van der Waals surface area contributed by atoms with Gasteiger partial charge in [-0.05, 0) is 61.5 Å². The van der Waals surface area contributed by atoms with Crippen molar-refractivity contribution in [2.45, 2.75) is 13.8 Å². The molecular weight excluding hydrogens is 348 g/mol. The molecule has 0 aromatic heterocycles. The van der Waals surface area contributed by atoms with Crippen LogP contribution in [0.5, 0.6) is 11.5 Å². The standard InChI is InChI=1S/C20H20N2O3S/c1-3-22-19(24)18(26-20(22)21-15-8-6-5-7-9-15)13-14-10-11-16(23)17(12-14)25-4-2/h5-13,23H,3-4H2,1-2H3. The molecular formula is C20H20N2O3S. The maximum absolute atomic E-state index is 12.7. The van der Waals surface area contributed by atoms with Gasteiger partial charge in [0.2, 0.25) is 0 Å². The Balaban J connectivity index is 1.91. The van der Waals surface area contributed by atoms with Crippen molar-refractivity contribution in [2.75, 3.05) is 13.2 Å². The van der Waals surface area contributed by atoms with Crippen LogP contribution < -0.4 is 4.74 Å². The van der Waals surface area contributed by atoms with Gasteiger partial charge in [0.25, 0.3) is 5.91 Å². The molecule has 0 radical (unpaired) electrons. The molecule has 26 heavy (non-hydrogen) atoms. The summed E-state index contributed by atoms with van der Waals surface area (Å²) in [5.74, 6) is 0.418. The second-order valence-corrected chi connectivity index (χ2v) is 6.56. The molecule has 2 aromatic carbocycles. The van der Waals surface area contributed by atoms with Crippen molar-refractivity contribution in [1.29, 1.82) is 0 Å². The maximum Gasteiger partial charge on any atom is 0.266 e. The van der Waals surface area contributed by atoms with Gasteiger partial charge in [0.1, 0.15) is 0 Å². The molecule has 1 amide bonds. The summed E-state index contributed by atoms with van der Waals surface area (Å²) in [4.78, 5) is 19.5. The molecule has 1 aliphatic rings. The molecule has 1 saturated heterocycles. The first kappa shape index (κ1) is 18.1. The Kier molecular flexibility index (Phi) is 5.63. The number of ether oxygens (including phenoxy) is 1. The van der Waals surface area contributed by atoms with Gasteiger partial charge in [-0.3, -0.25) is 9.69 Å². The van der Waals surface area contributed by atoms with Gasteiger partial charge in [-0.1, -0.05) is 24.3 Å². The van der Waals surface area contributed by atoms with Crippen LogP contribution in [0, 0.1) is 0 Å². The van der Waals surface area contributed by atoms with E-state index >= 15 is 0 Å². The highest BCUT2D eigenvalue weighted by Crippen LogP contribution is 2.35. The van der Waals surface area contributed by atoms with E-state index in [0.29, 0.717) is 29.0 Å². The first-order chi connectivity index (χ1) is 12.6. The Bertz CT molecular complexity index is 863. The van der Waals surface area contributed by atoms with Crippen LogP contribution in [0.1, 0.15) is 19.4 Å². The van der Waals surface area contributed by atoms with Gasteiger partial charge in [-0.15, -0.1) is 0 Å². The van der Waals surface area contributed by atoms with Crippen molar-refractivity contribution < 1.29 is 14.6 Å². The molecule has 134 valence electrons. The summed E-state index contributed by atoms with van der Waals surface area (Å²) in [7, 11) is 0. The molecule has 0 spiro atoms. The molecule has 0 aliphatic carbocycles. The first-order valence-corrected chi connectivity index (χ1v) is 9.25. The zero-order valence-electron chi connectivity index (χ0n) is 14.7. The monoisotopic (exact) mass is 368 g/mol. The molecule has 1 fully saturated rings. The molecule has 2 aromatic rings. The van der Waals surface area contributed by atoms with Crippen LogP contribution in [0.25, 0.3) is 6.08 Å². The van der Waals surface area contributed by atoms with E-state index < -0.39 is 0 Å². The van der Waals surface area contributed by atoms with Gasteiger partial charge in [0.05, 0.1) is 17.2 Å². The normalized spacial score (nSPS) is 17.3. The van der Waals surface area contributed by atoms with E-state index in [9.17, 15) is 9.90 Å². The van der Waals surface area contributed by atoms with Crippen molar-refractivity contribution in [3.05, 3.63) is 59.0 Å². The number of para-hydroxylation sites is 1. The van der Waals surface area contributed by atoms with Crippen LogP contribution in [0.4, 0.5) is 5.69 Å². The molecule has 6 heteroatoms. The highest BCUT2D eigenvalue weighted by atomic mass is 32.2. The van der Waals surface area contributed by atoms with Crippen molar-refractivity contribution in [1.82, 2.24) is 4.90 Å². The summed E-state index contributed by atoms with van der Waals surface area (Å²) in [5, 5.41) is 10.5. The number of likely N-dealkylation sites (N-methyl/N-ethyl adjacent to an activating group) is 1. The minimum absolute atomic E-state index is 0.0711. The Morgan fingerprint density at radius 3 is 2.65 bits per heavy atom. The zero-order valence-corrected chi connectivity index (χ0v) is 15.5. The number of carbonyl (C=O) groups excluding carboxylic acids is 1. The van der Waals surface area contributed by atoms with Crippen LogP contribution in [-0.4, -0.2) is 34.2 Å². The molecule has 1 heterocycles. The summed E-state index contributed by atoms with van der Waals surface area (Å²) in [6.45, 7) is 4.79. The lowest BCUT2D eigenvalue weighted by Gasteiger charge is -2.11. The Hall–Kier alpha value is -2.73. The van der Waals surface area contributed by atoms with E-state index in [4.69, 9.17) is 4.74 Å². The predicted octanol–water partition coefficient (Wildman–Crippen LogP) is 4.41. The summed E-state index contributed by atoms with van der Waals surface area (Å²) in [6.07, 6.45) is 1.80. The van der Waals surface area contributed by atoms with Gasteiger partial charge >= 0.3 is 0 Å². The number of hydrogen-bond donors (Lipinski definition) is 1. The van der Waals surface area contributed by atoms with E-state index in [1.165, 1.54) is 11.8 Å². The smallest absolute Gasteiger partial charge is 0.266 e. The molecule has 0 saturated carbocycles. The van der Waals surface area contributed by atoms with Crippen LogP contribution in [0.3, 0.4) is 0 Å². The fourth-order valence-electron chi connectivity index (χ4n) is 2.53. The quantitative estimate of drug-likeness (QED) is 0.794. The minimum atomic E-state index is -0.0711. The van der Waals surface area contributed by atoms with E-state index in [1.54, 1.807) is 29.2 Å². The Labute approximate surface area is 157 Å². The largest absolute Gasteiger partial charge is 0.504 e. The maximum atomic E-state index is 12.7. The SMILES string of the molecule is CCOc1cc(C=C2SC(=Nc3ccccc3)N(CC)C2=O)ccc1O. The Morgan fingerprint density at radius 2 is 1.96 bits per heavy atom. The third kappa shape index (κ3) is 3.91. The second kappa shape index (κ2) is 8.10. The van der Waals surface area contributed by atoms with Crippen LogP contribution in [-0.2, 0) is 4.79 Å². The molecule has 1 N–H and O–H groups in total. The number of phenols is 1. The average Bonchev–Trinajstić information content (AvgIpc) is 2.93. The van der Waals surface area contributed by atoms with Crippen molar-refractivity contribution >= 4 is 34.6 Å². The molecule has 1 aliphatic heterocycles. The van der Waals surface area contributed by atoms with E-state index in [0.717, 1.165) is 11.3 Å². The van der Waals surface area contributed by atoms with Crippen LogP contribution in [0.15, 0.2) is 58.4 Å². The van der Waals surface area contributed by atoms with Crippen molar-refractivity contribution in [3.63, 3.8) is 0 Å². The number of aromatic hydroxyl groups is 1.